The molecule has 124 valence electrons. The van der Waals surface area contributed by atoms with Crippen molar-refractivity contribution in [1.82, 2.24) is 19.8 Å². The van der Waals surface area contributed by atoms with Gasteiger partial charge in [-0.1, -0.05) is 43.2 Å². The van der Waals surface area contributed by atoms with E-state index in [0.29, 0.717) is 23.9 Å². The molecule has 2 aromatic heterocycles. The number of aliphatic hydroxyl groups excluding tert-OH is 1. The van der Waals surface area contributed by atoms with Crippen molar-refractivity contribution in [3.8, 4) is 11.4 Å². The van der Waals surface area contributed by atoms with Crippen molar-refractivity contribution in [2.24, 2.45) is 5.92 Å². The van der Waals surface area contributed by atoms with Crippen LogP contribution in [0.4, 0.5) is 5.82 Å². The molecule has 0 spiro atoms. The highest BCUT2D eigenvalue weighted by atomic mass is 16.3. The molecule has 24 heavy (non-hydrogen) atoms. The first-order valence-electron chi connectivity index (χ1n) is 8.51. The molecule has 1 atom stereocenters. The lowest BCUT2D eigenvalue weighted by Gasteiger charge is -2.18. The van der Waals surface area contributed by atoms with Gasteiger partial charge in [-0.25, -0.2) is 0 Å². The minimum Gasteiger partial charge on any atom is -0.391 e. The summed E-state index contributed by atoms with van der Waals surface area (Å²) in [7, 11) is 0. The van der Waals surface area contributed by atoms with Crippen LogP contribution in [0.2, 0.25) is 0 Å². The summed E-state index contributed by atoms with van der Waals surface area (Å²) >= 11 is 0. The maximum atomic E-state index is 10.3. The van der Waals surface area contributed by atoms with Gasteiger partial charge >= 0.3 is 0 Å². The van der Waals surface area contributed by atoms with Gasteiger partial charge in [-0.15, -0.1) is 15.3 Å². The normalized spacial score (nSPS) is 16.5. The number of nitrogens with one attached hydrogen (secondary N) is 1. The Kier molecular flexibility index (Phi) is 4.13. The molecule has 2 N–H and O–H groups in total. The predicted octanol–water partition coefficient (Wildman–Crippen LogP) is 2.75. The second-order valence-corrected chi connectivity index (χ2v) is 6.37. The Labute approximate surface area is 140 Å². The molecule has 3 aromatic rings. The fraction of sp³-hybridized carbons (Fsp3) is 0.389. The van der Waals surface area contributed by atoms with Crippen molar-refractivity contribution >= 4 is 11.5 Å². The second kappa shape index (κ2) is 6.57. The lowest BCUT2D eigenvalue weighted by molar-refractivity contribution is 0.122. The van der Waals surface area contributed by atoms with Crippen molar-refractivity contribution in [3.05, 3.63) is 42.5 Å². The summed E-state index contributed by atoms with van der Waals surface area (Å²) in [5, 5.41) is 26.5. The third kappa shape index (κ3) is 2.97. The molecular formula is C18H21N5O. The lowest BCUT2D eigenvalue weighted by atomic mass is 10.0. The summed E-state index contributed by atoms with van der Waals surface area (Å²) in [6, 6.07) is 13.6. The zero-order valence-electron chi connectivity index (χ0n) is 13.5. The third-order valence-electron chi connectivity index (χ3n) is 4.73. The highest BCUT2D eigenvalue weighted by Crippen LogP contribution is 2.27. The van der Waals surface area contributed by atoms with Gasteiger partial charge in [0.05, 0.1) is 6.10 Å². The number of nitrogens with zero attached hydrogens (tertiary/aromatic N) is 4. The molecule has 0 radical (unpaired) electrons. The molecule has 0 aliphatic heterocycles. The number of aromatic nitrogens is 4. The fourth-order valence-corrected chi connectivity index (χ4v) is 3.37. The van der Waals surface area contributed by atoms with E-state index in [9.17, 15) is 5.11 Å². The van der Waals surface area contributed by atoms with Crippen molar-refractivity contribution in [1.29, 1.82) is 0 Å². The van der Waals surface area contributed by atoms with E-state index < -0.39 is 0 Å². The van der Waals surface area contributed by atoms with Crippen LogP contribution in [0.3, 0.4) is 0 Å². The molecule has 0 saturated heterocycles. The smallest absolute Gasteiger partial charge is 0.185 e. The van der Waals surface area contributed by atoms with Crippen LogP contribution in [0, 0.1) is 5.92 Å². The Bertz CT molecular complexity index is 811. The first-order valence-corrected chi connectivity index (χ1v) is 8.51. The average molecular weight is 323 g/mol. The summed E-state index contributed by atoms with van der Waals surface area (Å²) in [4.78, 5) is 0. The quantitative estimate of drug-likeness (QED) is 0.755. The fourth-order valence-electron chi connectivity index (χ4n) is 3.37. The molecule has 1 saturated carbocycles. The van der Waals surface area contributed by atoms with Crippen LogP contribution in [-0.2, 0) is 0 Å². The maximum absolute atomic E-state index is 10.3. The van der Waals surface area contributed by atoms with Crippen molar-refractivity contribution in [2.75, 3.05) is 11.9 Å². The van der Waals surface area contributed by atoms with Gasteiger partial charge in [0.1, 0.15) is 5.82 Å². The standard InChI is InChI=1S/C18H21N5O/c24-15(13-6-4-5-7-13)12-19-16-10-11-17-20-21-18(23(17)22-16)14-8-2-1-3-9-14/h1-3,8-11,13,15,24H,4-7,12H2,(H,19,22). The number of anilines is 1. The summed E-state index contributed by atoms with van der Waals surface area (Å²) in [5.41, 5.74) is 1.68. The average Bonchev–Trinajstić information content (AvgIpc) is 3.30. The Hall–Kier alpha value is -2.47. The monoisotopic (exact) mass is 323 g/mol. The van der Waals surface area contributed by atoms with Crippen molar-refractivity contribution in [3.63, 3.8) is 0 Å². The number of benzene rings is 1. The largest absolute Gasteiger partial charge is 0.391 e. The van der Waals surface area contributed by atoms with Crippen molar-refractivity contribution < 1.29 is 5.11 Å². The Morgan fingerprint density at radius 3 is 2.67 bits per heavy atom. The molecule has 0 bridgehead atoms. The number of hydrogen-bond donors (Lipinski definition) is 2. The van der Waals surface area contributed by atoms with Crippen LogP contribution < -0.4 is 5.32 Å². The Morgan fingerprint density at radius 1 is 1.08 bits per heavy atom. The summed E-state index contributed by atoms with van der Waals surface area (Å²) in [5.74, 6) is 1.85. The highest BCUT2D eigenvalue weighted by molar-refractivity contribution is 5.59. The molecule has 0 amide bonds. The molecule has 2 heterocycles. The van der Waals surface area contributed by atoms with Gasteiger partial charge in [-0.05, 0) is 30.9 Å². The number of hydrogen-bond acceptors (Lipinski definition) is 5. The number of rotatable bonds is 5. The van der Waals surface area contributed by atoms with E-state index >= 15 is 0 Å². The predicted molar refractivity (Wildman–Crippen MR) is 92.7 cm³/mol. The van der Waals surface area contributed by atoms with Gasteiger partial charge in [0.2, 0.25) is 0 Å². The molecule has 6 nitrogen and oxygen atoms in total. The van der Waals surface area contributed by atoms with Crippen LogP contribution in [0.25, 0.3) is 17.0 Å². The topological polar surface area (TPSA) is 75.3 Å². The van der Waals surface area contributed by atoms with Gasteiger partial charge in [0, 0.05) is 12.1 Å². The Balaban J connectivity index is 1.54. The third-order valence-corrected chi connectivity index (χ3v) is 4.73. The summed E-state index contributed by atoms with van der Waals surface area (Å²) in [6.45, 7) is 0.520. The molecule has 4 rings (SSSR count). The van der Waals surface area contributed by atoms with Crippen LogP contribution in [0.1, 0.15) is 25.7 Å². The van der Waals surface area contributed by atoms with E-state index in [1.165, 1.54) is 12.8 Å². The molecule has 1 aliphatic rings. The van der Waals surface area contributed by atoms with Crippen LogP contribution in [0.15, 0.2) is 42.5 Å². The van der Waals surface area contributed by atoms with Crippen LogP contribution in [0.5, 0.6) is 0 Å². The summed E-state index contributed by atoms with van der Waals surface area (Å²) < 4.78 is 1.74. The minimum atomic E-state index is -0.320. The van der Waals surface area contributed by atoms with Crippen LogP contribution >= 0.6 is 0 Å². The number of fused-ring (bicyclic) bond motifs is 1. The zero-order chi connectivity index (χ0) is 16.4. The van der Waals surface area contributed by atoms with E-state index in [-0.39, 0.29) is 6.10 Å². The van der Waals surface area contributed by atoms with E-state index in [1.807, 2.05) is 42.5 Å². The molecule has 6 heteroatoms. The van der Waals surface area contributed by atoms with Gasteiger partial charge < -0.3 is 10.4 Å². The van der Waals surface area contributed by atoms with E-state index in [2.05, 4.69) is 20.6 Å². The minimum absolute atomic E-state index is 0.320. The summed E-state index contributed by atoms with van der Waals surface area (Å²) in [6.07, 6.45) is 4.39. The maximum Gasteiger partial charge on any atom is 0.185 e. The zero-order valence-corrected chi connectivity index (χ0v) is 13.5. The van der Waals surface area contributed by atoms with E-state index in [0.717, 1.165) is 24.2 Å². The highest BCUT2D eigenvalue weighted by Gasteiger charge is 2.23. The Morgan fingerprint density at radius 2 is 1.88 bits per heavy atom. The van der Waals surface area contributed by atoms with Gasteiger partial charge in [-0.3, -0.25) is 0 Å². The molecule has 1 unspecified atom stereocenters. The molecular weight excluding hydrogens is 302 g/mol. The van der Waals surface area contributed by atoms with E-state index in [4.69, 9.17) is 0 Å². The van der Waals surface area contributed by atoms with Crippen molar-refractivity contribution in [2.45, 2.75) is 31.8 Å². The first kappa shape index (κ1) is 15.1. The molecule has 1 aliphatic carbocycles. The van der Waals surface area contributed by atoms with E-state index in [1.54, 1.807) is 4.52 Å². The number of aliphatic hydroxyl groups is 1. The van der Waals surface area contributed by atoms with Gasteiger partial charge in [0.15, 0.2) is 11.5 Å². The lowest BCUT2D eigenvalue weighted by Crippen LogP contribution is -2.27. The van der Waals surface area contributed by atoms with Gasteiger partial charge in [-0.2, -0.15) is 4.52 Å². The SMILES string of the molecule is OC(CNc1ccc2nnc(-c3ccccc3)n2n1)C1CCCC1. The van der Waals surface area contributed by atoms with Gasteiger partial charge in [0.25, 0.3) is 0 Å². The first-order chi connectivity index (χ1) is 11.8. The molecule has 1 fully saturated rings. The second-order valence-electron chi connectivity index (χ2n) is 6.37. The molecule has 1 aromatic carbocycles. The van der Waals surface area contributed by atoms with Crippen LogP contribution in [-0.4, -0.2) is 37.6 Å².